The largest absolute Gasteiger partial charge is 0.456 e. The summed E-state index contributed by atoms with van der Waals surface area (Å²) >= 11 is 12.3. The van der Waals surface area contributed by atoms with Crippen LogP contribution in [0.25, 0.3) is 10.8 Å². The number of benzene rings is 5. The van der Waals surface area contributed by atoms with E-state index in [1.807, 2.05) is 42.5 Å². The number of rotatable bonds is 9. The highest BCUT2D eigenvalue weighted by Crippen LogP contribution is 2.30. The molecule has 5 aromatic rings. The Kier molecular flexibility index (Phi) is 8.26. The number of carbonyl (C=O) groups is 1. The lowest BCUT2D eigenvalue weighted by molar-refractivity contribution is 0.0955. The van der Waals surface area contributed by atoms with Crippen LogP contribution in [0.15, 0.2) is 114 Å². The van der Waals surface area contributed by atoms with Crippen LogP contribution in [0.3, 0.4) is 0 Å². The number of carbonyl (C=O) groups excluding carboxylic acids is 1. The van der Waals surface area contributed by atoms with Gasteiger partial charge in [0.05, 0.1) is 21.2 Å². The molecule has 5 aromatic carbocycles. The van der Waals surface area contributed by atoms with Crippen LogP contribution in [0.1, 0.15) is 15.9 Å². The Morgan fingerprint density at radius 3 is 2.33 bits per heavy atom. The van der Waals surface area contributed by atoms with Gasteiger partial charge in [0, 0.05) is 11.6 Å². The number of amides is 1. The number of hydrogen-bond acceptors (Lipinski definition) is 4. The third-order valence-electron chi connectivity index (χ3n) is 6.23. The van der Waals surface area contributed by atoms with E-state index in [0.29, 0.717) is 34.5 Å². The van der Waals surface area contributed by atoms with E-state index in [1.165, 1.54) is 42.5 Å². The standard InChI is InChI=1S/C31H24Cl2N2O4S/c32-23-12-17-29(27(20-23)31(36)34-19-18-22-8-5-7-21-6-1-2-9-26(21)22)35-40(37,38)25-15-13-24(14-16-25)39-30-11-4-3-10-28(30)33/h1-17,20,35H,18-19H2,(H,34,36). The van der Waals surface area contributed by atoms with Crippen molar-refractivity contribution in [2.24, 2.45) is 0 Å². The summed E-state index contributed by atoms with van der Waals surface area (Å²) in [6, 6.07) is 31.4. The lowest BCUT2D eigenvalue weighted by Gasteiger charge is -2.14. The molecule has 0 radical (unpaired) electrons. The van der Waals surface area contributed by atoms with Crippen molar-refractivity contribution in [3.8, 4) is 11.5 Å². The number of anilines is 1. The zero-order valence-corrected chi connectivity index (χ0v) is 23.4. The van der Waals surface area contributed by atoms with Gasteiger partial charge in [-0.25, -0.2) is 8.42 Å². The third kappa shape index (κ3) is 6.39. The van der Waals surface area contributed by atoms with E-state index in [1.54, 1.807) is 24.3 Å². The highest BCUT2D eigenvalue weighted by Gasteiger charge is 2.20. The summed E-state index contributed by atoms with van der Waals surface area (Å²) in [7, 11) is -4.02. The number of nitrogens with one attached hydrogen (secondary N) is 2. The van der Waals surface area contributed by atoms with E-state index in [-0.39, 0.29) is 16.1 Å². The molecule has 0 fully saturated rings. The predicted molar refractivity (Wildman–Crippen MR) is 160 cm³/mol. The van der Waals surface area contributed by atoms with Crippen molar-refractivity contribution in [2.45, 2.75) is 11.3 Å². The molecule has 0 aliphatic heterocycles. The van der Waals surface area contributed by atoms with Crippen molar-refractivity contribution < 1.29 is 17.9 Å². The van der Waals surface area contributed by atoms with Crippen molar-refractivity contribution in [1.82, 2.24) is 5.32 Å². The van der Waals surface area contributed by atoms with E-state index in [0.717, 1.165) is 16.3 Å². The van der Waals surface area contributed by atoms with Gasteiger partial charge in [-0.2, -0.15) is 0 Å². The van der Waals surface area contributed by atoms with Gasteiger partial charge >= 0.3 is 0 Å². The maximum atomic E-state index is 13.2. The third-order valence-corrected chi connectivity index (χ3v) is 8.16. The quantitative estimate of drug-likeness (QED) is 0.184. The molecule has 9 heteroatoms. The van der Waals surface area contributed by atoms with Crippen LogP contribution in [0.5, 0.6) is 11.5 Å². The number of hydrogen-bond donors (Lipinski definition) is 2. The van der Waals surface area contributed by atoms with Crippen molar-refractivity contribution in [1.29, 1.82) is 0 Å². The first-order valence-corrected chi connectivity index (χ1v) is 14.6. The minimum Gasteiger partial charge on any atom is -0.456 e. The number of halogens is 2. The van der Waals surface area contributed by atoms with Crippen LogP contribution < -0.4 is 14.8 Å². The highest BCUT2D eigenvalue weighted by atomic mass is 35.5. The fourth-order valence-corrected chi connectivity index (χ4v) is 5.68. The van der Waals surface area contributed by atoms with Gasteiger partial charge in [-0.15, -0.1) is 0 Å². The van der Waals surface area contributed by atoms with Crippen LogP contribution in [-0.2, 0) is 16.4 Å². The summed E-state index contributed by atoms with van der Waals surface area (Å²) in [6.07, 6.45) is 0.608. The molecule has 0 spiro atoms. The fraction of sp³-hybridized carbons (Fsp3) is 0.0645. The predicted octanol–water partition coefficient (Wildman–Crippen LogP) is 7.71. The van der Waals surface area contributed by atoms with Gasteiger partial charge in [-0.05, 0) is 77.4 Å². The average molecular weight is 592 g/mol. The molecule has 1 amide bonds. The Morgan fingerprint density at radius 2 is 1.52 bits per heavy atom. The monoisotopic (exact) mass is 590 g/mol. The molecular weight excluding hydrogens is 567 g/mol. The second-order valence-corrected chi connectivity index (χ2v) is 11.5. The summed E-state index contributed by atoms with van der Waals surface area (Å²) < 4.78 is 34.6. The van der Waals surface area contributed by atoms with Gasteiger partial charge in [0.1, 0.15) is 11.5 Å². The number of para-hydroxylation sites is 1. The molecule has 0 atom stereocenters. The molecule has 40 heavy (non-hydrogen) atoms. The average Bonchev–Trinajstić information content (AvgIpc) is 2.95. The van der Waals surface area contributed by atoms with Crippen molar-refractivity contribution in [3.63, 3.8) is 0 Å². The van der Waals surface area contributed by atoms with Crippen molar-refractivity contribution in [2.75, 3.05) is 11.3 Å². The summed E-state index contributed by atoms with van der Waals surface area (Å²) in [5.74, 6) is 0.434. The van der Waals surface area contributed by atoms with E-state index in [2.05, 4.69) is 10.0 Å². The van der Waals surface area contributed by atoms with Gasteiger partial charge in [0.2, 0.25) is 0 Å². The molecule has 5 rings (SSSR count). The SMILES string of the molecule is O=C(NCCc1cccc2ccccc12)c1cc(Cl)ccc1NS(=O)(=O)c1ccc(Oc2ccccc2Cl)cc1. The molecule has 202 valence electrons. The fourth-order valence-electron chi connectivity index (χ4n) is 4.25. The van der Waals surface area contributed by atoms with Gasteiger partial charge in [-0.1, -0.05) is 77.8 Å². The minimum absolute atomic E-state index is 0.00345. The molecule has 0 aliphatic rings. The number of fused-ring (bicyclic) bond motifs is 1. The topological polar surface area (TPSA) is 84.5 Å². The minimum atomic E-state index is -4.02. The van der Waals surface area contributed by atoms with Crippen molar-refractivity contribution in [3.05, 3.63) is 130 Å². The molecule has 0 saturated carbocycles. The molecule has 0 unspecified atom stereocenters. The molecule has 6 nitrogen and oxygen atoms in total. The summed E-state index contributed by atoms with van der Waals surface area (Å²) in [4.78, 5) is 13.1. The molecular formula is C31H24Cl2N2O4S. The van der Waals surface area contributed by atoms with Gasteiger partial charge < -0.3 is 10.1 Å². The zero-order chi connectivity index (χ0) is 28.1. The first kappa shape index (κ1) is 27.5. The lowest BCUT2D eigenvalue weighted by atomic mass is 10.0. The Hall–Kier alpha value is -4.04. The zero-order valence-electron chi connectivity index (χ0n) is 21.1. The Balaban J connectivity index is 1.28. The molecule has 0 aliphatic carbocycles. The maximum absolute atomic E-state index is 13.2. The normalized spacial score (nSPS) is 11.2. The summed E-state index contributed by atoms with van der Waals surface area (Å²) in [5, 5.41) is 5.88. The van der Waals surface area contributed by atoms with E-state index < -0.39 is 15.9 Å². The first-order chi connectivity index (χ1) is 19.3. The molecule has 0 saturated heterocycles. The second-order valence-electron chi connectivity index (χ2n) is 8.94. The van der Waals surface area contributed by atoms with E-state index in [9.17, 15) is 13.2 Å². The maximum Gasteiger partial charge on any atom is 0.261 e. The Morgan fingerprint density at radius 1 is 0.800 bits per heavy atom. The van der Waals surface area contributed by atoms with Crippen LogP contribution in [0.2, 0.25) is 10.0 Å². The van der Waals surface area contributed by atoms with Crippen molar-refractivity contribution >= 4 is 55.6 Å². The van der Waals surface area contributed by atoms with Crippen LogP contribution in [0, 0.1) is 0 Å². The van der Waals surface area contributed by atoms with Crippen LogP contribution >= 0.6 is 23.2 Å². The first-order valence-electron chi connectivity index (χ1n) is 12.4. The number of ether oxygens (including phenoxy) is 1. The molecule has 0 aromatic heterocycles. The summed E-state index contributed by atoms with van der Waals surface area (Å²) in [6.45, 7) is 0.360. The lowest BCUT2D eigenvalue weighted by Crippen LogP contribution is -2.27. The smallest absolute Gasteiger partial charge is 0.261 e. The molecule has 0 heterocycles. The molecule has 0 bridgehead atoms. The Bertz CT molecular complexity index is 1790. The highest BCUT2D eigenvalue weighted by molar-refractivity contribution is 7.92. The summed E-state index contributed by atoms with van der Waals surface area (Å²) in [5.41, 5.74) is 1.34. The molecule has 2 N–H and O–H groups in total. The van der Waals surface area contributed by atoms with E-state index >= 15 is 0 Å². The van der Waals surface area contributed by atoms with E-state index in [4.69, 9.17) is 27.9 Å². The van der Waals surface area contributed by atoms with Crippen LogP contribution in [0.4, 0.5) is 5.69 Å². The number of sulfonamides is 1. The van der Waals surface area contributed by atoms with Gasteiger partial charge in [-0.3, -0.25) is 9.52 Å². The Labute approximate surface area is 242 Å². The van der Waals surface area contributed by atoms with Crippen LogP contribution in [-0.4, -0.2) is 20.9 Å². The van der Waals surface area contributed by atoms with Gasteiger partial charge in [0.25, 0.3) is 15.9 Å². The van der Waals surface area contributed by atoms with Gasteiger partial charge in [0.15, 0.2) is 0 Å². The second kappa shape index (κ2) is 12.0.